The molecule has 2 heterocycles. The van der Waals surface area contributed by atoms with Crippen molar-refractivity contribution >= 4 is 22.6 Å². The molecule has 1 unspecified atom stereocenters. The zero-order valence-corrected chi connectivity index (χ0v) is 15.0. The molecule has 3 N–H and O–H groups in total. The number of aromatic amines is 1. The van der Waals surface area contributed by atoms with Gasteiger partial charge < -0.3 is 20.2 Å². The van der Waals surface area contributed by atoms with Crippen LogP contribution in [0.4, 0.5) is 10.5 Å². The fraction of sp³-hybridized carbons (Fsp3) is 0.143. The van der Waals surface area contributed by atoms with Crippen molar-refractivity contribution in [2.45, 2.75) is 12.5 Å². The molecule has 0 fully saturated rings. The van der Waals surface area contributed by atoms with Gasteiger partial charge in [-0.15, -0.1) is 0 Å². The predicted molar refractivity (Wildman–Crippen MR) is 107 cm³/mol. The smallest absolute Gasteiger partial charge is 0.319 e. The van der Waals surface area contributed by atoms with E-state index in [1.165, 1.54) is 0 Å². The van der Waals surface area contributed by atoms with E-state index in [9.17, 15) is 4.79 Å². The zero-order valence-electron chi connectivity index (χ0n) is 15.0. The molecule has 0 aliphatic heterocycles. The number of urea groups is 1. The number of carbonyl (C=O) groups is 1. The molecule has 0 radical (unpaired) electrons. The number of aryl methyl sites for hydroxylation is 1. The first kappa shape index (κ1) is 16.9. The van der Waals surface area contributed by atoms with Crippen molar-refractivity contribution in [3.63, 3.8) is 0 Å². The van der Waals surface area contributed by atoms with Crippen molar-refractivity contribution in [2.24, 2.45) is 7.05 Å². The second-order valence-electron chi connectivity index (χ2n) is 6.50. The van der Waals surface area contributed by atoms with Crippen LogP contribution >= 0.6 is 0 Å². The summed E-state index contributed by atoms with van der Waals surface area (Å²) in [6.07, 6.45) is 6.09. The molecular weight excluding hydrogens is 338 g/mol. The molecular formula is C21H21N5O. The standard InChI is InChI=1S/C21H21N5O/c1-26-12-9-16-7-8-17(13-19(16)26)24-21(27)25-18(14-20-22-10-11-23-20)15-5-3-2-4-6-15/h2-13,18H,14H2,1H3,(H,22,23)(H2,24,25,27). The van der Waals surface area contributed by atoms with Crippen LogP contribution in [0.5, 0.6) is 0 Å². The van der Waals surface area contributed by atoms with E-state index >= 15 is 0 Å². The highest BCUT2D eigenvalue weighted by molar-refractivity contribution is 5.93. The Morgan fingerprint density at radius 2 is 2.04 bits per heavy atom. The Kier molecular flexibility index (Phi) is 4.61. The van der Waals surface area contributed by atoms with Crippen molar-refractivity contribution in [3.8, 4) is 0 Å². The van der Waals surface area contributed by atoms with Gasteiger partial charge in [-0.2, -0.15) is 0 Å². The topological polar surface area (TPSA) is 74.7 Å². The molecule has 1 atom stereocenters. The van der Waals surface area contributed by atoms with Gasteiger partial charge in [0.15, 0.2) is 0 Å². The molecule has 27 heavy (non-hydrogen) atoms. The van der Waals surface area contributed by atoms with Crippen LogP contribution in [-0.2, 0) is 13.5 Å². The van der Waals surface area contributed by atoms with Gasteiger partial charge in [-0.25, -0.2) is 9.78 Å². The Labute approximate surface area is 157 Å². The molecule has 0 aliphatic rings. The molecule has 0 aliphatic carbocycles. The Morgan fingerprint density at radius 1 is 1.19 bits per heavy atom. The second-order valence-corrected chi connectivity index (χ2v) is 6.50. The number of benzene rings is 2. The molecule has 2 aromatic carbocycles. The van der Waals surface area contributed by atoms with E-state index in [0.717, 1.165) is 28.0 Å². The summed E-state index contributed by atoms with van der Waals surface area (Å²) in [6, 6.07) is 17.4. The molecule has 6 heteroatoms. The maximum absolute atomic E-state index is 12.6. The SMILES string of the molecule is Cn1ccc2ccc(NC(=O)NC(Cc3ncc[nH]3)c3ccccc3)cc21. The Balaban J connectivity index is 1.51. The number of carbonyl (C=O) groups excluding carboxylic acids is 1. The van der Waals surface area contributed by atoms with E-state index in [2.05, 4.69) is 20.6 Å². The third kappa shape index (κ3) is 3.84. The number of H-pyrrole nitrogens is 1. The van der Waals surface area contributed by atoms with E-state index in [1.807, 2.05) is 72.4 Å². The van der Waals surface area contributed by atoms with Gasteiger partial charge in [-0.1, -0.05) is 36.4 Å². The summed E-state index contributed by atoms with van der Waals surface area (Å²) in [4.78, 5) is 20.0. The van der Waals surface area contributed by atoms with Crippen LogP contribution in [0.3, 0.4) is 0 Å². The van der Waals surface area contributed by atoms with E-state index in [-0.39, 0.29) is 12.1 Å². The summed E-state index contributed by atoms with van der Waals surface area (Å²) in [5, 5.41) is 7.14. The van der Waals surface area contributed by atoms with Gasteiger partial charge in [0.2, 0.25) is 0 Å². The fourth-order valence-corrected chi connectivity index (χ4v) is 3.21. The van der Waals surface area contributed by atoms with Gasteiger partial charge in [0.1, 0.15) is 5.82 Å². The summed E-state index contributed by atoms with van der Waals surface area (Å²) in [6.45, 7) is 0. The van der Waals surface area contributed by atoms with Crippen LogP contribution in [-0.4, -0.2) is 20.6 Å². The van der Waals surface area contributed by atoms with Crippen molar-refractivity contribution in [1.29, 1.82) is 0 Å². The summed E-state index contributed by atoms with van der Waals surface area (Å²) < 4.78 is 2.03. The molecule has 0 spiro atoms. The molecule has 0 saturated heterocycles. The number of nitrogens with zero attached hydrogens (tertiary/aromatic N) is 2. The van der Waals surface area contributed by atoms with Crippen molar-refractivity contribution in [2.75, 3.05) is 5.32 Å². The number of rotatable bonds is 5. The monoisotopic (exact) mass is 359 g/mol. The minimum absolute atomic E-state index is 0.184. The Morgan fingerprint density at radius 3 is 2.81 bits per heavy atom. The van der Waals surface area contributed by atoms with E-state index in [4.69, 9.17) is 0 Å². The van der Waals surface area contributed by atoms with E-state index < -0.39 is 0 Å². The highest BCUT2D eigenvalue weighted by Gasteiger charge is 2.16. The highest BCUT2D eigenvalue weighted by atomic mass is 16.2. The van der Waals surface area contributed by atoms with Crippen molar-refractivity contribution in [3.05, 3.63) is 84.6 Å². The normalized spacial score (nSPS) is 12.0. The lowest BCUT2D eigenvalue weighted by Crippen LogP contribution is -2.33. The Hall–Kier alpha value is -3.54. The number of anilines is 1. The number of fused-ring (bicyclic) bond motifs is 1. The van der Waals surface area contributed by atoms with Crippen LogP contribution in [0.2, 0.25) is 0 Å². The van der Waals surface area contributed by atoms with Gasteiger partial charge in [-0.3, -0.25) is 0 Å². The molecule has 6 nitrogen and oxygen atoms in total. The minimum atomic E-state index is -0.246. The average molecular weight is 359 g/mol. The van der Waals surface area contributed by atoms with Crippen LogP contribution in [0.15, 0.2) is 73.2 Å². The van der Waals surface area contributed by atoms with Crippen LogP contribution in [0.1, 0.15) is 17.4 Å². The summed E-state index contributed by atoms with van der Waals surface area (Å²) in [7, 11) is 1.99. The predicted octanol–water partition coefficient (Wildman–Crippen LogP) is 4.01. The van der Waals surface area contributed by atoms with E-state index in [1.54, 1.807) is 12.4 Å². The number of amides is 2. The Bertz CT molecular complexity index is 1040. The maximum atomic E-state index is 12.6. The number of nitrogens with one attached hydrogen (secondary N) is 3. The fourth-order valence-electron chi connectivity index (χ4n) is 3.21. The van der Waals surface area contributed by atoms with Gasteiger partial charge in [0.05, 0.1) is 6.04 Å². The van der Waals surface area contributed by atoms with Gasteiger partial charge in [0, 0.05) is 43.3 Å². The van der Waals surface area contributed by atoms with Gasteiger partial charge >= 0.3 is 6.03 Å². The van der Waals surface area contributed by atoms with Gasteiger partial charge in [-0.05, 0) is 29.1 Å². The van der Waals surface area contributed by atoms with Gasteiger partial charge in [0.25, 0.3) is 0 Å². The maximum Gasteiger partial charge on any atom is 0.319 e. The average Bonchev–Trinajstić information content (AvgIpc) is 3.32. The zero-order chi connectivity index (χ0) is 18.6. The lowest BCUT2D eigenvalue weighted by Gasteiger charge is -2.19. The molecule has 4 rings (SSSR count). The lowest BCUT2D eigenvalue weighted by molar-refractivity contribution is 0.248. The van der Waals surface area contributed by atoms with E-state index in [0.29, 0.717) is 6.42 Å². The van der Waals surface area contributed by atoms with Crippen LogP contribution < -0.4 is 10.6 Å². The number of aromatic nitrogens is 3. The first-order valence-corrected chi connectivity index (χ1v) is 8.85. The molecule has 2 aromatic heterocycles. The van der Waals surface area contributed by atoms with Crippen molar-refractivity contribution < 1.29 is 4.79 Å². The summed E-state index contributed by atoms with van der Waals surface area (Å²) in [5.41, 5.74) is 2.86. The third-order valence-corrected chi connectivity index (χ3v) is 4.61. The highest BCUT2D eigenvalue weighted by Crippen LogP contribution is 2.21. The van der Waals surface area contributed by atoms with Crippen LogP contribution in [0.25, 0.3) is 10.9 Å². The third-order valence-electron chi connectivity index (χ3n) is 4.61. The number of imidazole rings is 1. The van der Waals surface area contributed by atoms with Crippen LogP contribution in [0, 0.1) is 0 Å². The lowest BCUT2D eigenvalue weighted by atomic mass is 10.0. The molecule has 136 valence electrons. The largest absolute Gasteiger partial charge is 0.350 e. The first-order valence-electron chi connectivity index (χ1n) is 8.85. The summed E-state index contributed by atoms with van der Waals surface area (Å²) in [5.74, 6) is 0.828. The molecule has 4 aromatic rings. The quantitative estimate of drug-likeness (QED) is 0.504. The second kappa shape index (κ2) is 7.37. The summed E-state index contributed by atoms with van der Waals surface area (Å²) >= 11 is 0. The molecule has 0 bridgehead atoms. The minimum Gasteiger partial charge on any atom is -0.350 e. The molecule has 2 amide bonds. The first-order chi connectivity index (χ1) is 13.2. The number of hydrogen-bond donors (Lipinski definition) is 3. The molecule has 0 saturated carbocycles. The van der Waals surface area contributed by atoms with Crippen molar-refractivity contribution in [1.82, 2.24) is 19.9 Å². The number of hydrogen-bond acceptors (Lipinski definition) is 2.